The van der Waals surface area contributed by atoms with Gasteiger partial charge < -0.3 is 20.5 Å². The summed E-state index contributed by atoms with van der Waals surface area (Å²) in [6.07, 6.45) is 0.928. The number of nitrogens with one attached hydrogen (secondary N) is 1. The van der Waals surface area contributed by atoms with Gasteiger partial charge in [0.1, 0.15) is 11.5 Å². The van der Waals surface area contributed by atoms with Crippen molar-refractivity contribution in [2.75, 3.05) is 26.1 Å². The molecule has 0 aliphatic rings. The Bertz CT molecular complexity index is 651. The zero-order chi connectivity index (χ0) is 17.4. The van der Waals surface area contributed by atoms with Gasteiger partial charge in [-0.3, -0.25) is 4.99 Å². The van der Waals surface area contributed by atoms with E-state index in [0.717, 1.165) is 23.6 Å². The number of benzene rings is 2. The van der Waals surface area contributed by atoms with Gasteiger partial charge in [0.05, 0.1) is 14.2 Å². The molecule has 24 heavy (non-hydrogen) atoms. The topological polar surface area (TPSA) is 68.9 Å². The fourth-order valence-electron chi connectivity index (χ4n) is 2.34. The second-order valence-electron chi connectivity index (χ2n) is 5.58. The molecule has 2 aromatic carbocycles. The van der Waals surface area contributed by atoms with Crippen molar-refractivity contribution in [2.24, 2.45) is 10.7 Å². The summed E-state index contributed by atoms with van der Waals surface area (Å²) in [5, 5.41) is 3.08. The number of methoxy groups -OCH3 is 2. The smallest absolute Gasteiger partial charge is 0.193 e. The molecule has 0 saturated heterocycles. The Morgan fingerprint density at radius 1 is 1.00 bits per heavy atom. The highest BCUT2D eigenvalue weighted by Crippen LogP contribution is 2.21. The first kappa shape index (κ1) is 17.7. The largest absolute Gasteiger partial charge is 0.497 e. The number of anilines is 1. The lowest BCUT2D eigenvalue weighted by atomic mass is 9.98. The Labute approximate surface area is 143 Å². The summed E-state index contributed by atoms with van der Waals surface area (Å²) in [5.74, 6) is 2.51. The van der Waals surface area contributed by atoms with Crippen LogP contribution in [0.25, 0.3) is 0 Å². The van der Waals surface area contributed by atoms with E-state index in [1.54, 1.807) is 14.2 Å². The van der Waals surface area contributed by atoms with Crippen LogP contribution in [0.5, 0.6) is 11.5 Å². The molecule has 5 nitrogen and oxygen atoms in total. The number of guanidine groups is 1. The van der Waals surface area contributed by atoms with Crippen LogP contribution >= 0.6 is 0 Å². The number of aliphatic imine (C=N–C) groups is 1. The molecule has 1 unspecified atom stereocenters. The van der Waals surface area contributed by atoms with Crippen molar-refractivity contribution in [2.45, 2.75) is 19.3 Å². The van der Waals surface area contributed by atoms with Crippen molar-refractivity contribution in [3.05, 3.63) is 54.1 Å². The number of rotatable bonds is 7. The second-order valence-corrected chi connectivity index (χ2v) is 5.58. The minimum Gasteiger partial charge on any atom is -0.497 e. The summed E-state index contributed by atoms with van der Waals surface area (Å²) in [7, 11) is 3.31. The molecule has 128 valence electrons. The van der Waals surface area contributed by atoms with Crippen LogP contribution in [0.3, 0.4) is 0 Å². The van der Waals surface area contributed by atoms with Crippen molar-refractivity contribution >= 4 is 11.6 Å². The molecule has 0 spiro atoms. The second kappa shape index (κ2) is 8.82. The van der Waals surface area contributed by atoms with Gasteiger partial charge in [0, 0.05) is 12.2 Å². The van der Waals surface area contributed by atoms with Gasteiger partial charge in [-0.1, -0.05) is 19.1 Å². The summed E-state index contributed by atoms with van der Waals surface area (Å²) in [5.41, 5.74) is 8.09. The Kier molecular flexibility index (Phi) is 6.49. The summed E-state index contributed by atoms with van der Waals surface area (Å²) in [6, 6.07) is 15.7. The van der Waals surface area contributed by atoms with E-state index in [9.17, 15) is 0 Å². The molecular formula is C19H25N3O2. The van der Waals surface area contributed by atoms with Gasteiger partial charge in [0.25, 0.3) is 0 Å². The summed E-state index contributed by atoms with van der Waals surface area (Å²) < 4.78 is 10.3. The molecule has 0 aromatic heterocycles. The molecule has 3 N–H and O–H groups in total. The molecule has 5 heteroatoms. The van der Waals surface area contributed by atoms with Gasteiger partial charge in [0.2, 0.25) is 0 Å². The van der Waals surface area contributed by atoms with Crippen LogP contribution in [0, 0.1) is 0 Å². The first-order valence-corrected chi connectivity index (χ1v) is 7.97. The maximum absolute atomic E-state index is 5.93. The van der Waals surface area contributed by atoms with Crippen molar-refractivity contribution in [1.29, 1.82) is 0 Å². The predicted octanol–water partition coefficient (Wildman–Crippen LogP) is 3.62. The minimum absolute atomic E-state index is 0.411. The Morgan fingerprint density at radius 3 is 2.08 bits per heavy atom. The van der Waals surface area contributed by atoms with E-state index >= 15 is 0 Å². The molecule has 0 aliphatic carbocycles. The minimum atomic E-state index is 0.411. The van der Waals surface area contributed by atoms with Crippen LogP contribution in [0.1, 0.15) is 24.8 Å². The van der Waals surface area contributed by atoms with Gasteiger partial charge >= 0.3 is 0 Å². The zero-order valence-electron chi connectivity index (χ0n) is 14.5. The normalized spacial score (nSPS) is 12.5. The van der Waals surface area contributed by atoms with E-state index < -0.39 is 0 Å². The van der Waals surface area contributed by atoms with Crippen LogP contribution < -0.4 is 20.5 Å². The molecular weight excluding hydrogens is 302 g/mol. The molecule has 2 aromatic rings. The number of nitrogens with two attached hydrogens (primary N) is 1. The van der Waals surface area contributed by atoms with Crippen molar-refractivity contribution in [3.63, 3.8) is 0 Å². The molecule has 0 fully saturated rings. The number of ether oxygens (including phenoxy) is 2. The van der Waals surface area contributed by atoms with Gasteiger partial charge in [-0.05, 0) is 54.3 Å². The van der Waals surface area contributed by atoms with Crippen LogP contribution in [0.2, 0.25) is 0 Å². The van der Waals surface area contributed by atoms with E-state index in [0.29, 0.717) is 18.4 Å². The van der Waals surface area contributed by atoms with E-state index in [1.807, 2.05) is 36.4 Å². The Morgan fingerprint density at radius 2 is 1.54 bits per heavy atom. The maximum Gasteiger partial charge on any atom is 0.193 e. The predicted molar refractivity (Wildman–Crippen MR) is 99.1 cm³/mol. The van der Waals surface area contributed by atoms with Crippen LogP contribution in [-0.2, 0) is 0 Å². The number of hydrogen-bond acceptors (Lipinski definition) is 3. The Balaban J connectivity index is 1.82. The molecule has 0 radical (unpaired) electrons. The lowest BCUT2D eigenvalue weighted by Gasteiger charge is -2.11. The standard InChI is InChI=1S/C19H25N3O2/c1-14(15-4-8-17(23-2)9-5-15)12-13-21-19(20)22-16-6-10-18(24-3)11-7-16/h4-11,14H,12-13H2,1-3H3,(H3,20,21,22). The average Bonchev–Trinajstić information content (AvgIpc) is 2.62. The van der Waals surface area contributed by atoms with Crippen LogP contribution in [0.15, 0.2) is 53.5 Å². The molecule has 0 saturated carbocycles. The number of hydrogen-bond donors (Lipinski definition) is 2. The van der Waals surface area contributed by atoms with Gasteiger partial charge in [0.15, 0.2) is 5.96 Å². The quantitative estimate of drug-likeness (QED) is 0.602. The lowest BCUT2D eigenvalue weighted by molar-refractivity contribution is 0.414. The van der Waals surface area contributed by atoms with E-state index in [2.05, 4.69) is 29.4 Å². The first-order valence-electron chi connectivity index (χ1n) is 7.97. The average molecular weight is 327 g/mol. The molecule has 2 rings (SSSR count). The zero-order valence-corrected chi connectivity index (χ0v) is 14.5. The lowest BCUT2D eigenvalue weighted by Crippen LogP contribution is -2.22. The molecule has 1 atom stereocenters. The van der Waals surface area contributed by atoms with Gasteiger partial charge in [-0.15, -0.1) is 0 Å². The van der Waals surface area contributed by atoms with Crippen molar-refractivity contribution < 1.29 is 9.47 Å². The fourth-order valence-corrected chi connectivity index (χ4v) is 2.34. The van der Waals surface area contributed by atoms with Crippen LogP contribution in [-0.4, -0.2) is 26.7 Å². The Hall–Kier alpha value is -2.69. The fraction of sp³-hybridized carbons (Fsp3) is 0.316. The van der Waals surface area contributed by atoms with Gasteiger partial charge in [-0.2, -0.15) is 0 Å². The number of nitrogens with zero attached hydrogens (tertiary/aromatic N) is 1. The molecule has 0 aliphatic heterocycles. The SMILES string of the molecule is COc1ccc(NC(N)=NCCC(C)c2ccc(OC)cc2)cc1. The molecule has 0 bridgehead atoms. The van der Waals surface area contributed by atoms with Crippen LogP contribution in [0.4, 0.5) is 5.69 Å². The highest BCUT2D eigenvalue weighted by Gasteiger charge is 2.05. The first-order chi connectivity index (χ1) is 11.6. The highest BCUT2D eigenvalue weighted by atomic mass is 16.5. The third-order valence-corrected chi connectivity index (χ3v) is 3.89. The maximum atomic E-state index is 5.93. The van der Waals surface area contributed by atoms with Crippen molar-refractivity contribution in [3.8, 4) is 11.5 Å². The molecule has 0 amide bonds. The third kappa shape index (κ3) is 5.19. The summed E-state index contributed by atoms with van der Waals surface area (Å²) in [6.45, 7) is 2.85. The highest BCUT2D eigenvalue weighted by molar-refractivity contribution is 5.92. The summed E-state index contributed by atoms with van der Waals surface area (Å²) >= 11 is 0. The van der Waals surface area contributed by atoms with E-state index in [4.69, 9.17) is 15.2 Å². The van der Waals surface area contributed by atoms with E-state index in [1.165, 1.54) is 5.56 Å². The van der Waals surface area contributed by atoms with Gasteiger partial charge in [-0.25, -0.2) is 0 Å². The molecule has 0 heterocycles. The monoisotopic (exact) mass is 327 g/mol. The van der Waals surface area contributed by atoms with E-state index in [-0.39, 0.29) is 0 Å². The summed E-state index contributed by atoms with van der Waals surface area (Å²) in [4.78, 5) is 4.39. The van der Waals surface area contributed by atoms with Crippen molar-refractivity contribution in [1.82, 2.24) is 0 Å². The third-order valence-electron chi connectivity index (χ3n) is 3.89.